The number of rotatable bonds is 1. The predicted octanol–water partition coefficient (Wildman–Crippen LogP) is 2.45. The van der Waals surface area contributed by atoms with Crippen LogP contribution in [0.15, 0.2) is 46.4 Å². The summed E-state index contributed by atoms with van der Waals surface area (Å²) < 4.78 is 0. The molecule has 3 heteroatoms. The third kappa shape index (κ3) is 1.88. The lowest BCUT2D eigenvalue weighted by molar-refractivity contribution is 0.477. The van der Waals surface area contributed by atoms with E-state index < -0.39 is 0 Å². The van der Waals surface area contributed by atoms with Crippen LogP contribution in [-0.2, 0) is 0 Å². The molecule has 0 aromatic heterocycles. The molecular formula is C11H10N2O. The topological polar surface area (TPSA) is 45.0 Å². The molecular weight excluding hydrogens is 176 g/mol. The van der Waals surface area contributed by atoms with E-state index in [1.165, 1.54) is 0 Å². The first-order valence-electron chi connectivity index (χ1n) is 4.41. The van der Waals surface area contributed by atoms with Crippen molar-refractivity contribution in [2.75, 3.05) is 0 Å². The minimum atomic E-state index is 0.185. The summed E-state index contributed by atoms with van der Waals surface area (Å²) in [6, 6.07) is 6.97. The van der Waals surface area contributed by atoms with Gasteiger partial charge in [-0.25, -0.2) is 9.98 Å². The van der Waals surface area contributed by atoms with E-state index in [1.807, 2.05) is 18.2 Å². The molecule has 1 N–H and O–H groups in total. The standard InChI is InChI=1S/C11H10N2O/c14-10-6-2-1-5-9(10)13-11-7-3-4-8-12-11/h1-6,8,14H,7H2. The fourth-order valence-electron chi connectivity index (χ4n) is 1.19. The quantitative estimate of drug-likeness (QED) is 0.719. The number of dihydropyridines is 1. The van der Waals surface area contributed by atoms with Crippen molar-refractivity contribution in [3.63, 3.8) is 0 Å². The van der Waals surface area contributed by atoms with Crippen molar-refractivity contribution < 1.29 is 5.11 Å². The Kier molecular flexibility index (Phi) is 2.40. The number of nitrogens with zero attached hydrogens (tertiary/aromatic N) is 2. The lowest BCUT2D eigenvalue weighted by Crippen LogP contribution is -1.95. The number of aliphatic imine (C=N–C) groups is 2. The number of benzene rings is 1. The molecule has 0 bridgehead atoms. The average molecular weight is 186 g/mol. The van der Waals surface area contributed by atoms with Crippen molar-refractivity contribution in [3.05, 3.63) is 36.4 Å². The molecule has 14 heavy (non-hydrogen) atoms. The smallest absolute Gasteiger partial charge is 0.141 e. The zero-order valence-corrected chi connectivity index (χ0v) is 7.59. The number of phenolic OH excluding ortho intramolecular Hbond substituents is 1. The molecule has 2 rings (SSSR count). The van der Waals surface area contributed by atoms with Gasteiger partial charge in [0.1, 0.15) is 17.3 Å². The highest BCUT2D eigenvalue weighted by atomic mass is 16.3. The first-order valence-corrected chi connectivity index (χ1v) is 4.41. The Morgan fingerprint density at radius 2 is 2.14 bits per heavy atom. The Morgan fingerprint density at radius 1 is 1.29 bits per heavy atom. The van der Waals surface area contributed by atoms with Gasteiger partial charge in [0.25, 0.3) is 0 Å². The first kappa shape index (κ1) is 8.69. The fourth-order valence-corrected chi connectivity index (χ4v) is 1.19. The molecule has 1 heterocycles. The molecule has 0 radical (unpaired) electrons. The van der Waals surface area contributed by atoms with Gasteiger partial charge in [-0.3, -0.25) is 0 Å². The van der Waals surface area contributed by atoms with E-state index in [9.17, 15) is 5.11 Å². The monoisotopic (exact) mass is 186 g/mol. The lowest BCUT2D eigenvalue weighted by Gasteiger charge is -2.02. The predicted molar refractivity (Wildman–Crippen MR) is 57.5 cm³/mol. The summed E-state index contributed by atoms with van der Waals surface area (Å²) in [4.78, 5) is 8.33. The molecule has 3 nitrogen and oxygen atoms in total. The van der Waals surface area contributed by atoms with Gasteiger partial charge in [0.15, 0.2) is 0 Å². The van der Waals surface area contributed by atoms with E-state index in [0.717, 1.165) is 0 Å². The second-order valence-electron chi connectivity index (χ2n) is 2.93. The van der Waals surface area contributed by atoms with E-state index in [4.69, 9.17) is 0 Å². The SMILES string of the molecule is Oc1ccccc1N=C1CC=CC=N1. The molecule has 0 fully saturated rings. The summed E-state index contributed by atoms with van der Waals surface area (Å²) in [7, 11) is 0. The van der Waals surface area contributed by atoms with Gasteiger partial charge in [-0.15, -0.1) is 0 Å². The van der Waals surface area contributed by atoms with Crippen molar-refractivity contribution in [2.45, 2.75) is 6.42 Å². The van der Waals surface area contributed by atoms with Gasteiger partial charge in [0.2, 0.25) is 0 Å². The van der Waals surface area contributed by atoms with Crippen LogP contribution in [0.1, 0.15) is 6.42 Å². The number of aromatic hydroxyl groups is 1. The Balaban J connectivity index is 2.29. The van der Waals surface area contributed by atoms with E-state index in [2.05, 4.69) is 9.98 Å². The Morgan fingerprint density at radius 3 is 2.86 bits per heavy atom. The first-order chi connectivity index (χ1) is 6.86. The van der Waals surface area contributed by atoms with Crippen LogP contribution >= 0.6 is 0 Å². The third-order valence-electron chi connectivity index (χ3n) is 1.88. The van der Waals surface area contributed by atoms with Crippen molar-refractivity contribution >= 4 is 17.7 Å². The number of allylic oxidation sites excluding steroid dienone is 1. The van der Waals surface area contributed by atoms with Gasteiger partial charge < -0.3 is 5.11 Å². The fraction of sp³-hybridized carbons (Fsp3) is 0.0909. The van der Waals surface area contributed by atoms with Crippen LogP contribution in [0.2, 0.25) is 0 Å². The minimum absolute atomic E-state index is 0.185. The highest BCUT2D eigenvalue weighted by Crippen LogP contribution is 2.25. The van der Waals surface area contributed by atoms with Crippen LogP contribution in [0.3, 0.4) is 0 Å². The van der Waals surface area contributed by atoms with Crippen molar-refractivity contribution in [2.24, 2.45) is 9.98 Å². The maximum Gasteiger partial charge on any atom is 0.141 e. The van der Waals surface area contributed by atoms with Crippen LogP contribution in [-0.4, -0.2) is 17.2 Å². The molecule has 0 amide bonds. The van der Waals surface area contributed by atoms with E-state index >= 15 is 0 Å². The maximum absolute atomic E-state index is 9.46. The maximum atomic E-state index is 9.46. The van der Waals surface area contributed by atoms with Gasteiger partial charge in [-0.2, -0.15) is 0 Å². The molecule has 0 saturated carbocycles. The molecule has 0 unspecified atom stereocenters. The summed E-state index contributed by atoms with van der Waals surface area (Å²) >= 11 is 0. The van der Waals surface area contributed by atoms with Crippen LogP contribution in [0.4, 0.5) is 5.69 Å². The molecule has 1 aliphatic heterocycles. The highest BCUT2D eigenvalue weighted by molar-refractivity contribution is 5.97. The van der Waals surface area contributed by atoms with Gasteiger partial charge in [0.05, 0.1) is 0 Å². The summed E-state index contributed by atoms with van der Waals surface area (Å²) in [5, 5.41) is 9.46. The Hall–Kier alpha value is -1.90. The summed E-state index contributed by atoms with van der Waals surface area (Å²) in [5.41, 5.74) is 0.565. The number of amidine groups is 1. The molecule has 70 valence electrons. The minimum Gasteiger partial charge on any atom is -0.506 e. The van der Waals surface area contributed by atoms with Crippen LogP contribution < -0.4 is 0 Å². The molecule has 1 aromatic carbocycles. The largest absolute Gasteiger partial charge is 0.506 e. The lowest BCUT2D eigenvalue weighted by atomic mass is 10.3. The Labute approximate surface area is 82.1 Å². The van der Waals surface area contributed by atoms with Crippen LogP contribution in [0.5, 0.6) is 5.75 Å². The third-order valence-corrected chi connectivity index (χ3v) is 1.88. The molecule has 1 aliphatic rings. The van der Waals surface area contributed by atoms with Crippen molar-refractivity contribution in [1.82, 2.24) is 0 Å². The average Bonchev–Trinajstić information content (AvgIpc) is 2.23. The van der Waals surface area contributed by atoms with E-state index in [-0.39, 0.29) is 5.75 Å². The van der Waals surface area contributed by atoms with E-state index in [0.29, 0.717) is 17.9 Å². The van der Waals surface area contributed by atoms with Gasteiger partial charge in [-0.05, 0) is 18.2 Å². The molecule has 0 spiro atoms. The van der Waals surface area contributed by atoms with Gasteiger partial charge in [-0.1, -0.05) is 18.2 Å². The van der Waals surface area contributed by atoms with Crippen molar-refractivity contribution in [1.29, 1.82) is 0 Å². The number of para-hydroxylation sites is 2. The summed E-state index contributed by atoms with van der Waals surface area (Å²) in [6.07, 6.45) is 6.27. The second-order valence-corrected chi connectivity index (χ2v) is 2.93. The van der Waals surface area contributed by atoms with Crippen molar-refractivity contribution in [3.8, 4) is 5.75 Å². The zero-order valence-electron chi connectivity index (χ0n) is 7.59. The highest BCUT2D eigenvalue weighted by Gasteiger charge is 2.00. The summed E-state index contributed by atoms with van der Waals surface area (Å²) in [5.74, 6) is 0.902. The zero-order chi connectivity index (χ0) is 9.80. The van der Waals surface area contributed by atoms with Crippen LogP contribution in [0, 0.1) is 0 Å². The van der Waals surface area contributed by atoms with Gasteiger partial charge >= 0.3 is 0 Å². The molecule has 0 aliphatic carbocycles. The van der Waals surface area contributed by atoms with Crippen LogP contribution in [0.25, 0.3) is 0 Å². The van der Waals surface area contributed by atoms with E-state index in [1.54, 1.807) is 24.4 Å². The number of hydrogen-bond donors (Lipinski definition) is 1. The Bertz CT molecular complexity index is 419. The molecule has 0 atom stereocenters. The second kappa shape index (κ2) is 3.87. The number of hydrogen-bond acceptors (Lipinski definition) is 2. The van der Waals surface area contributed by atoms with Gasteiger partial charge in [0, 0.05) is 12.6 Å². The normalized spacial score (nSPS) is 17.6. The summed E-state index contributed by atoms with van der Waals surface area (Å²) in [6.45, 7) is 0. The molecule has 1 aromatic rings. The number of phenols is 1. The molecule has 0 saturated heterocycles.